The van der Waals surface area contributed by atoms with Gasteiger partial charge in [-0.05, 0) is 55.8 Å². The van der Waals surface area contributed by atoms with Crippen molar-refractivity contribution >= 4 is 0 Å². The number of rotatable bonds is 5. The molecule has 1 fully saturated rings. The zero-order chi connectivity index (χ0) is 12.8. The lowest BCUT2D eigenvalue weighted by Crippen LogP contribution is -2.34. The zero-order valence-corrected chi connectivity index (χ0v) is 12.0. The fourth-order valence-electron chi connectivity index (χ4n) is 2.85. The first-order chi connectivity index (χ1) is 8.81. The molecule has 2 rings (SSSR count). The van der Waals surface area contributed by atoms with Crippen molar-refractivity contribution in [2.75, 3.05) is 19.6 Å². The molecule has 0 amide bonds. The van der Waals surface area contributed by atoms with E-state index in [1.54, 1.807) is 0 Å². The van der Waals surface area contributed by atoms with Crippen LogP contribution in [0.5, 0.6) is 0 Å². The highest BCUT2D eigenvalue weighted by atomic mass is 15.1. The first kappa shape index (κ1) is 13.6. The van der Waals surface area contributed by atoms with Gasteiger partial charge in [0.15, 0.2) is 0 Å². The molecule has 100 valence electrons. The van der Waals surface area contributed by atoms with Gasteiger partial charge in [-0.2, -0.15) is 0 Å². The molecule has 0 unspecified atom stereocenters. The van der Waals surface area contributed by atoms with Crippen molar-refractivity contribution in [2.45, 2.75) is 46.0 Å². The summed E-state index contributed by atoms with van der Waals surface area (Å²) in [5.41, 5.74) is 2.94. The van der Waals surface area contributed by atoms with Gasteiger partial charge in [0.2, 0.25) is 0 Å². The smallest absolute Gasteiger partial charge is 0.00218 e. The van der Waals surface area contributed by atoms with E-state index in [1.807, 2.05) is 0 Å². The van der Waals surface area contributed by atoms with Crippen LogP contribution in [-0.4, -0.2) is 24.5 Å². The Morgan fingerprint density at radius 1 is 1.00 bits per heavy atom. The van der Waals surface area contributed by atoms with E-state index in [4.69, 9.17) is 0 Å². The highest BCUT2D eigenvalue weighted by Crippen LogP contribution is 2.20. The van der Waals surface area contributed by atoms with E-state index in [-0.39, 0.29) is 0 Å². The summed E-state index contributed by atoms with van der Waals surface area (Å²) in [4.78, 5) is 2.64. The van der Waals surface area contributed by atoms with Crippen LogP contribution in [0.1, 0.15) is 44.2 Å². The molecule has 0 saturated carbocycles. The number of aryl methyl sites for hydroxylation is 1. The Kier molecular flexibility index (Phi) is 5.25. The van der Waals surface area contributed by atoms with E-state index in [0.717, 1.165) is 12.3 Å². The van der Waals surface area contributed by atoms with Crippen molar-refractivity contribution in [3.63, 3.8) is 0 Å². The molecule has 0 spiro atoms. The summed E-state index contributed by atoms with van der Waals surface area (Å²) in [6, 6.07) is 9.16. The van der Waals surface area contributed by atoms with Crippen molar-refractivity contribution in [3.8, 4) is 0 Å². The molecular formula is C17H27N. The van der Waals surface area contributed by atoms with Crippen LogP contribution in [0, 0.1) is 5.92 Å². The third kappa shape index (κ3) is 3.84. The Morgan fingerprint density at radius 3 is 2.17 bits per heavy atom. The third-order valence-corrected chi connectivity index (χ3v) is 4.43. The third-order valence-electron chi connectivity index (χ3n) is 4.43. The second kappa shape index (κ2) is 6.94. The maximum absolute atomic E-state index is 2.64. The monoisotopic (exact) mass is 245 g/mol. The summed E-state index contributed by atoms with van der Waals surface area (Å²) >= 11 is 0. The second-order valence-corrected chi connectivity index (χ2v) is 5.61. The van der Waals surface area contributed by atoms with Gasteiger partial charge in [0.25, 0.3) is 0 Å². The molecule has 1 nitrogen and oxygen atoms in total. The Bertz CT molecular complexity index is 333. The number of nitrogens with zero attached hydrogens (tertiary/aromatic N) is 1. The summed E-state index contributed by atoms with van der Waals surface area (Å²) in [5, 5.41) is 0. The predicted octanol–water partition coefficient (Wildman–Crippen LogP) is 3.91. The molecule has 0 radical (unpaired) electrons. The molecule has 0 bridgehead atoms. The second-order valence-electron chi connectivity index (χ2n) is 5.61. The molecule has 0 aromatic heterocycles. The van der Waals surface area contributed by atoms with E-state index in [1.165, 1.54) is 56.4 Å². The van der Waals surface area contributed by atoms with Gasteiger partial charge in [-0.1, -0.05) is 44.5 Å². The number of benzene rings is 1. The largest absolute Gasteiger partial charge is 0.303 e. The van der Waals surface area contributed by atoms with E-state index in [0.29, 0.717) is 0 Å². The molecule has 0 N–H and O–H groups in total. The lowest BCUT2D eigenvalue weighted by molar-refractivity contribution is 0.184. The fraction of sp³-hybridized carbons (Fsp3) is 0.647. The summed E-state index contributed by atoms with van der Waals surface area (Å²) < 4.78 is 0. The summed E-state index contributed by atoms with van der Waals surface area (Å²) in [6.45, 7) is 8.40. The van der Waals surface area contributed by atoms with Gasteiger partial charge >= 0.3 is 0 Å². The van der Waals surface area contributed by atoms with Crippen molar-refractivity contribution in [1.82, 2.24) is 4.90 Å². The van der Waals surface area contributed by atoms with Gasteiger partial charge < -0.3 is 4.90 Å². The highest BCUT2D eigenvalue weighted by molar-refractivity contribution is 5.22. The summed E-state index contributed by atoms with van der Waals surface area (Å²) in [6.07, 6.45) is 6.54. The molecule has 1 aromatic rings. The van der Waals surface area contributed by atoms with E-state index in [9.17, 15) is 0 Å². The predicted molar refractivity (Wildman–Crippen MR) is 79.0 cm³/mol. The van der Waals surface area contributed by atoms with E-state index >= 15 is 0 Å². The lowest BCUT2D eigenvalue weighted by Gasteiger charge is -2.31. The minimum absolute atomic E-state index is 0.991. The minimum Gasteiger partial charge on any atom is -0.303 e. The fourth-order valence-corrected chi connectivity index (χ4v) is 2.85. The van der Waals surface area contributed by atoms with Crippen LogP contribution in [0.4, 0.5) is 0 Å². The van der Waals surface area contributed by atoms with Gasteiger partial charge in [-0.3, -0.25) is 0 Å². The topological polar surface area (TPSA) is 3.24 Å². The molecule has 18 heavy (non-hydrogen) atoms. The van der Waals surface area contributed by atoms with Gasteiger partial charge in [-0.25, -0.2) is 0 Å². The Balaban J connectivity index is 1.74. The first-order valence-electron chi connectivity index (χ1n) is 7.62. The number of hydrogen-bond acceptors (Lipinski definition) is 1. The first-order valence-corrected chi connectivity index (χ1v) is 7.62. The van der Waals surface area contributed by atoms with Crippen LogP contribution in [0.25, 0.3) is 0 Å². The SMILES string of the molecule is CCc1ccc(CCN2CCC(CC)CC2)cc1. The van der Waals surface area contributed by atoms with Crippen LogP contribution in [-0.2, 0) is 12.8 Å². The van der Waals surface area contributed by atoms with Gasteiger partial charge in [0, 0.05) is 6.54 Å². The zero-order valence-electron chi connectivity index (χ0n) is 12.0. The Morgan fingerprint density at radius 2 is 1.61 bits per heavy atom. The van der Waals surface area contributed by atoms with Gasteiger partial charge in [0.05, 0.1) is 0 Å². The lowest BCUT2D eigenvalue weighted by atomic mass is 9.94. The highest BCUT2D eigenvalue weighted by Gasteiger charge is 2.16. The molecule has 1 aromatic carbocycles. The average Bonchev–Trinajstić information content (AvgIpc) is 2.46. The normalized spacial score (nSPS) is 18.1. The van der Waals surface area contributed by atoms with Crippen LogP contribution < -0.4 is 0 Å². The van der Waals surface area contributed by atoms with Crippen molar-refractivity contribution in [3.05, 3.63) is 35.4 Å². The van der Waals surface area contributed by atoms with Crippen molar-refractivity contribution < 1.29 is 0 Å². The molecule has 0 aliphatic carbocycles. The van der Waals surface area contributed by atoms with E-state index < -0.39 is 0 Å². The maximum atomic E-state index is 2.64. The summed E-state index contributed by atoms with van der Waals surface area (Å²) in [5.74, 6) is 0.991. The van der Waals surface area contributed by atoms with Crippen LogP contribution in [0.2, 0.25) is 0 Å². The Hall–Kier alpha value is -0.820. The quantitative estimate of drug-likeness (QED) is 0.760. The van der Waals surface area contributed by atoms with Crippen molar-refractivity contribution in [2.24, 2.45) is 5.92 Å². The number of likely N-dealkylation sites (tertiary alicyclic amines) is 1. The molecule has 0 atom stereocenters. The maximum Gasteiger partial charge on any atom is 0.00218 e. The Labute approximate surface area is 112 Å². The van der Waals surface area contributed by atoms with Crippen LogP contribution >= 0.6 is 0 Å². The van der Waals surface area contributed by atoms with Gasteiger partial charge in [-0.15, -0.1) is 0 Å². The molecule has 1 aliphatic heterocycles. The molecular weight excluding hydrogens is 218 g/mol. The standard InChI is InChI=1S/C17H27N/c1-3-15-5-7-17(8-6-15)11-14-18-12-9-16(4-2)10-13-18/h5-8,16H,3-4,9-14H2,1-2H3. The van der Waals surface area contributed by atoms with Crippen LogP contribution in [0.3, 0.4) is 0 Å². The van der Waals surface area contributed by atoms with Crippen LogP contribution in [0.15, 0.2) is 24.3 Å². The van der Waals surface area contributed by atoms with E-state index in [2.05, 4.69) is 43.0 Å². The average molecular weight is 245 g/mol. The minimum atomic E-state index is 0.991. The van der Waals surface area contributed by atoms with Crippen molar-refractivity contribution in [1.29, 1.82) is 0 Å². The number of piperidine rings is 1. The molecule has 1 heterocycles. The van der Waals surface area contributed by atoms with Gasteiger partial charge in [0.1, 0.15) is 0 Å². The molecule has 1 saturated heterocycles. The number of hydrogen-bond donors (Lipinski definition) is 0. The summed E-state index contributed by atoms with van der Waals surface area (Å²) in [7, 11) is 0. The molecule has 1 heteroatoms. The molecule has 1 aliphatic rings.